The Morgan fingerprint density at radius 1 is 1.03 bits per heavy atom. The summed E-state index contributed by atoms with van der Waals surface area (Å²) in [6.45, 7) is 2.84. The number of thiazole rings is 1. The molecular formula is C22H23ClN4O3S. The number of nitrogens with zero attached hydrogens (tertiary/aromatic N) is 3. The number of hydrogen-bond acceptors (Lipinski definition) is 7. The second kappa shape index (κ2) is 9.45. The minimum absolute atomic E-state index is 0.0487. The van der Waals surface area contributed by atoms with E-state index in [0.717, 1.165) is 29.5 Å². The molecule has 0 unspecified atom stereocenters. The van der Waals surface area contributed by atoms with Crippen molar-refractivity contribution in [3.05, 3.63) is 58.6 Å². The molecule has 1 fully saturated rings. The van der Waals surface area contributed by atoms with Crippen molar-refractivity contribution >= 4 is 45.4 Å². The number of hydrogen-bond donors (Lipinski definition) is 1. The average molecular weight is 459 g/mol. The van der Waals surface area contributed by atoms with Crippen LogP contribution in [0.15, 0.2) is 47.8 Å². The fourth-order valence-corrected chi connectivity index (χ4v) is 4.28. The number of piperazine rings is 1. The van der Waals surface area contributed by atoms with Crippen LogP contribution in [-0.4, -0.2) is 56.2 Å². The van der Waals surface area contributed by atoms with E-state index < -0.39 is 0 Å². The Morgan fingerprint density at radius 3 is 2.42 bits per heavy atom. The smallest absolute Gasteiger partial charge is 0.273 e. The zero-order valence-corrected chi connectivity index (χ0v) is 18.9. The first-order valence-electron chi connectivity index (χ1n) is 9.82. The molecule has 0 aliphatic carbocycles. The van der Waals surface area contributed by atoms with E-state index in [4.69, 9.17) is 21.1 Å². The number of carbonyl (C=O) groups excluding carboxylic acids is 1. The second-order valence-electron chi connectivity index (χ2n) is 6.99. The summed E-state index contributed by atoms with van der Waals surface area (Å²) >= 11 is 7.36. The van der Waals surface area contributed by atoms with Crippen molar-refractivity contribution in [2.75, 3.05) is 50.6 Å². The number of amides is 1. The SMILES string of the molecule is COc1ccc(Nc2nc(C(=O)N3CCN(c4ccc(Cl)cc4)CC3)cs2)cc1OC. The third kappa shape index (κ3) is 4.86. The maximum atomic E-state index is 12.9. The van der Waals surface area contributed by atoms with E-state index in [0.29, 0.717) is 35.4 Å². The topological polar surface area (TPSA) is 66.9 Å². The van der Waals surface area contributed by atoms with Crippen LogP contribution in [0.3, 0.4) is 0 Å². The van der Waals surface area contributed by atoms with Gasteiger partial charge in [0.05, 0.1) is 14.2 Å². The van der Waals surface area contributed by atoms with Crippen LogP contribution in [0.5, 0.6) is 11.5 Å². The highest BCUT2D eigenvalue weighted by molar-refractivity contribution is 7.14. The molecule has 0 saturated carbocycles. The molecular weight excluding hydrogens is 436 g/mol. The van der Waals surface area contributed by atoms with E-state index in [9.17, 15) is 4.79 Å². The number of rotatable bonds is 6. The Labute approximate surface area is 190 Å². The number of nitrogens with one attached hydrogen (secondary N) is 1. The standard InChI is InChI=1S/C22H23ClN4O3S/c1-29-19-8-5-16(13-20(19)30-2)24-22-25-18(14-31-22)21(28)27-11-9-26(10-12-27)17-6-3-15(23)4-7-17/h3-8,13-14H,9-12H2,1-2H3,(H,24,25). The molecule has 1 aliphatic rings. The van der Waals surface area contributed by atoms with Crippen molar-refractivity contribution in [1.29, 1.82) is 0 Å². The van der Waals surface area contributed by atoms with Crippen molar-refractivity contribution in [2.24, 2.45) is 0 Å². The van der Waals surface area contributed by atoms with Crippen molar-refractivity contribution in [2.45, 2.75) is 0 Å². The van der Waals surface area contributed by atoms with Gasteiger partial charge in [0.15, 0.2) is 16.6 Å². The molecule has 1 amide bonds. The van der Waals surface area contributed by atoms with Crippen LogP contribution in [0.25, 0.3) is 0 Å². The first-order valence-corrected chi connectivity index (χ1v) is 11.1. The Kier molecular flexibility index (Phi) is 6.48. The molecule has 1 aromatic heterocycles. The van der Waals surface area contributed by atoms with Crippen molar-refractivity contribution in [3.8, 4) is 11.5 Å². The summed E-state index contributed by atoms with van der Waals surface area (Å²) in [5, 5.41) is 6.38. The number of anilines is 3. The fourth-order valence-electron chi connectivity index (χ4n) is 3.45. The summed E-state index contributed by atoms with van der Waals surface area (Å²) < 4.78 is 10.6. The van der Waals surface area contributed by atoms with Gasteiger partial charge < -0.3 is 24.6 Å². The van der Waals surface area contributed by atoms with Gasteiger partial charge in [-0.2, -0.15) is 0 Å². The van der Waals surface area contributed by atoms with E-state index >= 15 is 0 Å². The number of carbonyl (C=O) groups is 1. The maximum Gasteiger partial charge on any atom is 0.273 e. The van der Waals surface area contributed by atoms with Gasteiger partial charge >= 0.3 is 0 Å². The third-order valence-corrected chi connectivity index (χ3v) is 6.13. The Bertz CT molecular complexity index is 1050. The van der Waals surface area contributed by atoms with Crippen LogP contribution in [0.4, 0.5) is 16.5 Å². The van der Waals surface area contributed by atoms with Crippen molar-refractivity contribution < 1.29 is 14.3 Å². The summed E-state index contributed by atoms with van der Waals surface area (Å²) in [6.07, 6.45) is 0. The lowest BCUT2D eigenvalue weighted by Crippen LogP contribution is -2.48. The van der Waals surface area contributed by atoms with Gasteiger partial charge in [0.25, 0.3) is 5.91 Å². The predicted octanol–water partition coefficient (Wildman–Crippen LogP) is 4.52. The molecule has 3 aromatic rings. The van der Waals surface area contributed by atoms with Crippen LogP contribution in [0.1, 0.15) is 10.5 Å². The molecule has 162 valence electrons. The van der Waals surface area contributed by atoms with Gasteiger partial charge in [-0.05, 0) is 36.4 Å². The number of aromatic nitrogens is 1. The molecule has 7 nitrogen and oxygen atoms in total. The van der Waals surface area contributed by atoms with Gasteiger partial charge in [0.2, 0.25) is 0 Å². The largest absolute Gasteiger partial charge is 0.493 e. The molecule has 0 bridgehead atoms. The zero-order valence-electron chi connectivity index (χ0n) is 17.3. The van der Waals surface area contributed by atoms with Crippen LogP contribution in [0, 0.1) is 0 Å². The summed E-state index contributed by atoms with van der Waals surface area (Å²) in [5.74, 6) is 1.23. The predicted molar refractivity (Wildman–Crippen MR) is 125 cm³/mol. The molecule has 2 aromatic carbocycles. The molecule has 4 rings (SSSR count). The quantitative estimate of drug-likeness (QED) is 0.585. The minimum Gasteiger partial charge on any atom is -0.493 e. The Morgan fingerprint density at radius 2 is 1.74 bits per heavy atom. The fraction of sp³-hybridized carbons (Fsp3) is 0.273. The molecule has 1 aliphatic heterocycles. The highest BCUT2D eigenvalue weighted by Gasteiger charge is 2.24. The van der Waals surface area contributed by atoms with E-state index in [1.165, 1.54) is 11.3 Å². The van der Waals surface area contributed by atoms with Gasteiger partial charge in [-0.25, -0.2) is 4.98 Å². The van der Waals surface area contributed by atoms with E-state index in [-0.39, 0.29) is 5.91 Å². The molecule has 0 radical (unpaired) electrons. The molecule has 1 N–H and O–H groups in total. The molecule has 2 heterocycles. The Balaban J connectivity index is 1.37. The van der Waals surface area contributed by atoms with Gasteiger partial charge in [0, 0.05) is 54.0 Å². The summed E-state index contributed by atoms with van der Waals surface area (Å²) in [6, 6.07) is 13.3. The first-order chi connectivity index (χ1) is 15.1. The van der Waals surface area contributed by atoms with Gasteiger partial charge in [-0.1, -0.05) is 11.6 Å². The van der Waals surface area contributed by atoms with Crippen molar-refractivity contribution in [3.63, 3.8) is 0 Å². The molecule has 0 atom stereocenters. The lowest BCUT2D eigenvalue weighted by Gasteiger charge is -2.35. The molecule has 31 heavy (non-hydrogen) atoms. The third-order valence-electron chi connectivity index (χ3n) is 5.12. The van der Waals surface area contributed by atoms with Gasteiger partial charge in [0.1, 0.15) is 5.69 Å². The van der Waals surface area contributed by atoms with Gasteiger partial charge in [-0.15, -0.1) is 11.3 Å². The van der Waals surface area contributed by atoms with Crippen LogP contribution < -0.4 is 19.7 Å². The van der Waals surface area contributed by atoms with Crippen LogP contribution in [-0.2, 0) is 0 Å². The minimum atomic E-state index is -0.0487. The monoisotopic (exact) mass is 458 g/mol. The number of ether oxygens (including phenoxy) is 2. The zero-order chi connectivity index (χ0) is 21.8. The van der Waals surface area contributed by atoms with Gasteiger partial charge in [-0.3, -0.25) is 4.79 Å². The lowest BCUT2D eigenvalue weighted by molar-refractivity contribution is 0.0742. The highest BCUT2D eigenvalue weighted by Crippen LogP contribution is 2.32. The lowest BCUT2D eigenvalue weighted by atomic mass is 10.2. The molecule has 9 heteroatoms. The van der Waals surface area contributed by atoms with Crippen LogP contribution >= 0.6 is 22.9 Å². The summed E-state index contributed by atoms with van der Waals surface area (Å²) in [5.41, 5.74) is 2.38. The van der Waals surface area contributed by atoms with E-state index in [1.54, 1.807) is 19.6 Å². The van der Waals surface area contributed by atoms with Crippen molar-refractivity contribution in [1.82, 2.24) is 9.88 Å². The summed E-state index contributed by atoms with van der Waals surface area (Å²) in [4.78, 5) is 21.5. The van der Waals surface area contributed by atoms with E-state index in [1.807, 2.05) is 47.4 Å². The average Bonchev–Trinajstić information content (AvgIpc) is 3.27. The number of halogens is 1. The van der Waals surface area contributed by atoms with Crippen LogP contribution in [0.2, 0.25) is 5.02 Å². The van der Waals surface area contributed by atoms with E-state index in [2.05, 4.69) is 15.2 Å². The second-order valence-corrected chi connectivity index (χ2v) is 8.28. The Hall–Kier alpha value is -2.97. The normalized spacial score (nSPS) is 13.8. The number of methoxy groups -OCH3 is 2. The molecule has 0 spiro atoms. The highest BCUT2D eigenvalue weighted by atomic mass is 35.5. The summed E-state index contributed by atoms with van der Waals surface area (Å²) in [7, 11) is 3.19. The maximum absolute atomic E-state index is 12.9. The molecule has 1 saturated heterocycles. The first kappa shape index (κ1) is 21.3. The number of benzene rings is 2.